The Labute approximate surface area is 88.3 Å². The van der Waals surface area contributed by atoms with E-state index in [1.54, 1.807) is 0 Å². The number of nitrogen functional groups attached to an aromatic ring is 1. The predicted octanol–water partition coefficient (Wildman–Crippen LogP) is 1.43. The number of aromatic nitrogens is 2. The van der Waals surface area contributed by atoms with Crippen LogP contribution in [0.25, 0.3) is 11.1 Å². The van der Waals surface area contributed by atoms with Crippen LogP contribution in [0.2, 0.25) is 0 Å². The molecule has 2 rings (SSSR count). The molecule has 5 N–H and O–H groups in total. The lowest BCUT2D eigenvalue weighted by atomic mass is 10.0. The molecular weight excluding hydrogens is 188 g/mol. The third-order valence-corrected chi connectivity index (χ3v) is 2.41. The predicted molar refractivity (Wildman–Crippen MR) is 61.1 cm³/mol. The number of benzene rings is 1. The van der Waals surface area contributed by atoms with Gasteiger partial charge in [-0.05, 0) is 12.5 Å². The zero-order chi connectivity index (χ0) is 10.8. The van der Waals surface area contributed by atoms with E-state index in [9.17, 15) is 0 Å². The van der Waals surface area contributed by atoms with Crippen LogP contribution in [0, 0.1) is 6.92 Å². The Kier molecular flexibility index (Phi) is 2.43. The van der Waals surface area contributed by atoms with Crippen molar-refractivity contribution in [2.45, 2.75) is 13.5 Å². The van der Waals surface area contributed by atoms with Crippen LogP contribution < -0.4 is 11.5 Å². The van der Waals surface area contributed by atoms with Gasteiger partial charge in [0.25, 0.3) is 0 Å². The minimum atomic E-state index is 0.410. The standard InChI is InChI=1S/C11H14N4/c1-7-2-4-8(5-3-7)10-9(6-12)14-15-11(10)13/h2-5H,6,12H2,1H3,(H3,13,14,15). The van der Waals surface area contributed by atoms with Gasteiger partial charge in [-0.3, -0.25) is 5.10 Å². The fraction of sp³-hybridized carbons (Fsp3) is 0.182. The van der Waals surface area contributed by atoms with Gasteiger partial charge in [0.1, 0.15) is 0 Å². The highest BCUT2D eigenvalue weighted by Gasteiger charge is 2.10. The maximum absolute atomic E-state index is 5.79. The van der Waals surface area contributed by atoms with E-state index in [4.69, 9.17) is 11.5 Å². The van der Waals surface area contributed by atoms with Gasteiger partial charge in [-0.15, -0.1) is 0 Å². The minimum absolute atomic E-state index is 0.410. The zero-order valence-corrected chi connectivity index (χ0v) is 8.62. The summed E-state index contributed by atoms with van der Waals surface area (Å²) in [6, 6.07) is 8.13. The quantitative estimate of drug-likeness (QED) is 0.689. The molecule has 2 aromatic rings. The molecule has 4 nitrogen and oxygen atoms in total. The number of anilines is 1. The first-order valence-electron chi connectivity index (χ1n) is 4.82. The molecule has 1 aromatic heterocycles. The Hall–Kier alpha value is -1.81. The molecule has 0 aliphatic heterocycles. The van der Waals surface area contributed by atoms with E-state index >= 15 is 0 Å². The monoisotopic (exact) mass is 202 g/mol. The molecule has 0 radical (unpaired) electrons. The molecule has 1 aromatic carbocycles. The lowest BCUT2D eigenvalue weighted by Gasteiger charge is -2.02. The van der Waals surface area contributed by atoms with Gasteiger partial charge in [-0.25, -0.2) is 0 Å². The Bertz CT molecular complexity index is 456. The summed E-state index contributed by atoms with van der Waals surface area (Å²) < 4.78 is 0. The summed E-state index contributed by atoms with van der Waals surface area (Å²) in [5.41, 5.74) is 15.4. The summed E-state index contributed by atoms with van der Waals surface area (Å²) in [7, 11) is 0. The van der Waals surface area contributed by atoms with Gasteiger partial charge in [-0.2, -0.15) is 5.10 Å². The Morgan fingerprint density at radius 1 is 1.27 bits per heavy atom. The van der Waals surface area contributed by atoms with Crippen LogP contribution in [-0.2, 0) is 6.54 Å². The molecule has 0 aliphatic rings. The van der Waals surface area contributed by atoms with Gasteiger partial charge in [0.15, 0.2) is 5.82 Å². The molecular formula is C11H14N4. The molecule has 0 spiro atoms. The fourth-order valence-corrected chi connectivity index (χ4v) is 1.58. The normalized spacial score (nSPS) is 10.5. The van der Waals surface area contributed by atoms with E-state index in [1.165, 1.54) is 5.56 Å². The average Bonchev–Trinajstić information content (AvgIpc) is 2.61. The molecule has 0 fully saturated rings. The van der Waals surface area contributed by atoms with Crippen molar-refractivity contribution >= 4 is 5.82 Å². The number of nitrogens with two attached hydrogens (primary N) is 2. The number of hydrogen-bond acceptors (Lipinski definition) is 3. The van der Waals surface area contributed by atoms with Crippen molar-refractivity contribution < 1.29 is 0 Å². The highest BCUT2D eigenvalue weighted by Crippen LogP contribution is 2.27. The van der Waals surface area contributed by atoms with E-state index < -0.39 is 0 Å². The number of rotatable bonds is 2. The van der Waals surface area contributed by atoms with Gasteiger partial charge in [0, 0.05) is 12.1 Å². The smallest absolute Gasteiger partial charge is 0.153 e. The largest absolute Gasteiger partial charge is 0.382 e. The third-order valence-electron chi connectivity index (χ3n) is 2.41. The summed E-state index contributed by atoms with van der Waals surface area (Å²) in [4.78, 5) is 0. The molecule has 0 bridgehead atoms. The van der Waals surface area contributed by atoms with Crippen LogP contribution in [-0.4, -0.2) is 10.2 Å². The van der Waals surface area contributed by atoms with Gasteiger partial charge < -0.3 is 11.5 Å². The van der Waals surface area contributed by atoms with Crippen molar-refractivity contribution in [1.29, 1.82) is 0 Å². The number of hydrogen-bond donors (Lipinski definition) is 3. The lowest BCUT2D eigenvalue weighted by Crippen LogP contribution is -1.99. The summed E-state index contributed by atoms with van der Waals surface area (Å²) in [5, 5.41) is 6.80. The molecule has 0 unspecified atom stereocenters. The SMILES string of the molecule is Cc1ccc(-c2c(N)n[nH]c2CN)cc1. The summed E-state index contributed by atoms with van der Waals surface area (Å²) in [5.74, 6) is 0.499. The first kappa shape index (κ1) is 9.73. The van der Waals surface area contributed by atoms with E-state index in [-0.39, 0.29) is 0 Å². The van der Waals surface area contributed by atoms with E-state index in [1.807, 2.05) is 31.2 Å². The Morgan fingerprint density at radius 2 is 1.93 bits per heavy atom. The first-order valence-corrected chi connectivity index (χ1v) is 4.82. The maximum atomic E-state index is 5.79. The van der Waals surface area contributed by atoms with Crippen LogP contribution in [0.5, 0.6) is 0 Å². The second kappa shape index (κ2) is 3.74. The number of aryl methyl sites for hydroxylation is 1. The summed E-state index contributed by atoms with van der Waals surface area (Å²) >= 11 is 0. The second-order valence-corrected chi connectivity index (χ2v) is 3.53. The molecule has 0 aliphatic carbocycles. The van der Waals surface area contributed by atoms with E-state index in [0.29, 0.717) is 12.4 Å². The molecule has 1 heterocycles. The minimum Gasteiger partial charge on any atom is -0.382 e. The van der Waals surface area contributed by atoms with Gasteiger partial charge in [-0.1, -0.05) is 29.8 Å². The summed E-state index contributed by atoms with van der Waals surface area (Å²) in [6.07, 6.45) is 0. The number of H-pyrrole nitrogens is 1. The maximum Gasteiger partial charge on any atom is 0.153 e. The van der Waals surface area contributed by atoms with Crippen molar-refractivity contribution in [2.75, 3.05) is 5.73 Å². The van der Waals surface area contributed by atoms with Crippen molar-refractivity contribution in [3.63, 3.8) is 0 Å². The van der Waals surface area contributed by atoms with E-state index in [0.717, 1.165) is 16.8 Å². The van der Waals surface area contributed by atoms with Crippen LogP contribution in [0.3, 0.4) is 0 Å². The van der Waals surface area contributed by atoms with Crippen LogP contribution in [0.4, 0.5) is 5.82 Å². The highest BCUT2D eigenvalue weighted by molar-refractivity contribution is 5.76. The lowest BCUT2D eigenvalue weighted by molar-refractivity contribution is 0.950. The van der Waals surface area contributed by atoms with Crippen molar-refractivity contribution in [2.24, 2.45) is 5.73 Å². The number of nitrogens with zero attached hydrogens (tertiary/aromatic N) is 1. The molecule has 0 saturated heterocycles. The number of aromatic amines is 1. The Balaban J connectivity index is 2.52. The first-order chi connectivity index (χ1) is 7.22. The van der Waals surface area contributed by atoms with Gasteiger partial charge in [0.05, 0.1) is 5.69 Å². The van der Waals surface area contributed by atoms with Crippen LogP contribution in [0.1, 0.15) is 11.3 Å². The molecule has 78 valence electrons. The third kappa shape index (κ3) is 1.71. The zero-order valence-electron chi connectivity index (χ0n) is 8.62. The summed E-state index contributed by atoms with van der Waals surface area (Å²) in [6.45, 7) is 2.46. The average molecular weight is 202 g/mol. The van der Waals surface area contributed by atoms with Crippen molar-refractivity contribution in [3.8, 4) is 11.1 Å². The number of nitrogens with one attached hydrogen (secondary N) is 1. The van der Waals surface area contributed by atoms with Gasteiger partial charge >= 0.3 is 0 Å². The Morgan fingerprint density at radius 3 is 2.53 bits per heavy atom. The molecule has 0 atom stereocenters. The fourth-order valence-electron chi connectivity index (χ4n) is 1.58. The molecule has 4 heteroatoms. The molecule has 0 amide bonds. The highest BCUT2D eigenvalue weighted by atomic mass is 15.2. The van der Waals surface area contributed by atoms with E-state index in [2.05, 4.69) is 10.2 Å². The van der Waals surface area contributed by atoms with Gasteiger partial charge in [0.2, 0.25) is 0 Å². The van der Waals surface area contributed by atoms with Crippen molar-refractivity contribution in [3.05, 3.63) is 35.5 Å². The molecule has 15 heavy (non-hydrogen) atoms. The molecule has 0 saturated carbocycles. The van der Waals surface area contributed by atoms with Crippen molar-refractivity contribution in [1.82, 2.24) is 10.2 Å². The van der Waals surface area contributed by atoms with Crippen LogP contribution >= 0.6 is 0 Å². The topological polar surface area (TPSA) is 80.7 Å². The second-order valence-electron chi connectivity index (χ2n) is 3.53. The van der Waals surface area contributed by atoms with Crippen LogP contribution in [0.15, 0.2) is 24.3 Å².